The van der Waals surface area contributed by atoms with Crippen LogP contribution in [0.1, 0.15) is 28.4 Å². The van der Waals surface area contributed by atoms with Gasteiger partial charge in [0.1, 0.15) is 0 Å². The molecule has 0 radical (unpaired) electrons. The summed E-state index contributed by atoms with van der Waals surface area (Å²) in [6.07, 6.45) is 0. The average molecular weight is 438 g/mol. The van der Waals surface area contributed by atoms with Gasteiger partial charge in [0.15, 0.2) is 0 Å². The molecule has 0 atom stereocenters. The molecule has 0 spiro atoms. The Bertz CT molecular complexity index is 834. The summed E-state index contributed by atoms with van der Waals surface area (Å²) < 4.78 is 38.1. The van der Waals surface area contributed by atoms with Crippen LogP contribution in [0.25, 0.3) is 0 Å². The minimum absolute atomic E-state index is 0.0302. The number of amides is 1. The highest BCUT2D eigenvalue weighted by Gasteiger charge is 2.31. The normalized spacial score (nSPS) is 15.9. The summed E-state index contributed by atoms with van der Waals surface area (Å²) in [5.41, 5.74) is -2.29. The zero-order valence-electron chi connectivity index (χ0n) is 16.9. The number of hydrogen-bond donors (Lipinski definition) is 1. The zero-order valence-corrected chi connectivity index (χ0v) is 17.7. The SMILES string of the molecule is CCN1CCN(Cc2ccc(CNC(=O)c3ccccc3SC(F)(F)F)cc2)CC1. The number of benzene rings is 2. The molecule has 0 unspecified atom stereocenters. The lowest BCUT2D eigenvalue weighted by Gasteiger charge is -2.34. The highest BCUT2D eigenvalue weighted by Crippen LogP contribution is 2.38. The molecular weight excluding hydrogens is 411 g/mol. The Balaban J connectivity index is 1.52. The predicted molar refractivity (Wildman–Crippen MR) is 113 cm³/mol. The molecule has 4 nitrogen and oxygen atoms in total. The maximum atomic E-state index is 12.7. The number of thioether (sulfide) groups is 1. The van der Waals surface area contributed by atoms with E-state index >= 15 is 0 Å². The van der Waals surface area contributed by atoms with Gasteiger partial charge in [0, 0.05) is 44.2 Å². The van der Waals surface area contributed by atoms with Crippen LogP contribution in [0.2, 0.25) is 0 Å². The molecule has 0 aliphatic carbocycles. The molecule has 1 fully saturated rings. The molecular formula is C22H26F3N3OS. The maximum Gasteiger partial charge on any atom is 0.446 e. The molecule has 0 bridgehead atoms. The molecule has 30 heavy (non-hydrogen) atoms. The summed E-state index contributed by atoms with van der Waals surface area (Å²) in [7, 11) is 0. The van der Waals surface area contributed by atoms with Crippen molar-refractivity contribution < 1.29 is 18.0 Å². The third-order valence-corrected chi connectivity index (χ3v) is 5.96. The lowest BCUT2D eigenvalue weighted by atomic mass is 10.1. The van der Waals surface area contributed by atoms with Gasteiger partial charge >= 0.3 is 5.51 Å². The molecule has 2 aromatic carbocycles. The topological polar surface area (TPSA) is 35.6 Å². The number of hydrogen-bond acceptors (Lipinski definition) is 4. The van der Waals surface area contributed by atoms with Gasteiger partial charge in [-0.2, -0.15) is 13.2 Å². The summed E-state index contributed by atoms with van der Waals surface area (Å²) in [5.74, 6) is -0.514. The monoisotopic (exact) mass is 437 g/mol. The first-order valence-corrected chi connectivity index (χ1v) is 10.8. The summed E-state index contributed by atoms with van der Waals surface area (Å²) in [6.45, 7) is 8.73. The van der Waals surface area contributed by atoms with Crippen LogP contribution in [0.3, 0.4) is 0 Å². The Morgan fingerprint density at radius 3 is 2.20 bits per heavy atom. The molecule has 0 aromatic heterocycles. The standard InChI is InChI=1S/C22H26F3N3OS/c1-2-27-11-13-28(14-12-27)16-18-9-7-17(8-10-18)15-26-21(29)19-5-3-4-6-20(19)30-22(23,24)25/h3-10H,2,11-16H2,1H3,(H,26,29). The third kappa shape index (κ3) is 6.75. The minimum atomic E-state index is -4.44. The smallest absolute Gasteiger partial charge is 0.348 e. The van der Waals surface area contributed by atoms with Crippen LogP contribution in [-0.2, 0) is 13.1 Å². The van der Waals surface area contributed by atoms with Crippen LogP contribution in [0.15, 0.2) is 53.4 Å². The largest absolute Gasteiger partial charge is 0.446 e. The molecule has 3 rings (SSSR count). The molecule has 8 heteroatoms. The van der Waals surface area contributed by atoms with Gasteiger partial charge < -0.3 is 10.2 Å². The Labute approximate surface area is 179 Å². The second kappa shape index (κ2) is 10.3. The van der Waals surface area contributed by atoms with Crippen LogP contribution in [0.5, 0.6) is 0 Å². The highest BCUT2D eigenvalue weighted by molar-refractivity contribution is 8.00. The summed E-state index contributed by atoms with van der Waals surface area (Å²) in [6, 6.07) is 13.8. The van der Waals surface area contributed by atoms with E-state index in [1.54, 1.807) is 6.07 Å². The van der Waals surface area contributed by atoms with Gasteiger partial charge in [-0.15, -0.1) is 0 Å². The van der Waals surface area contributed by atoms with Gasteiger partial charge in [0.05, 0.1) is 5.56 Å². The molecule has 2 aromatic rings. The lowest BCUT2D eigenvalue weighted by Crippen LogP contribution is -2.45. The van der Waals surface area contributed by atoms with E-state index in [9.17, 15) is 18.0 Å². The Hall–Kier alpha value is -2.03. The Morgan fingerprint density at radius 2 is 1.57 bits per heavy atom. The van der Waals surface area contributed by atoms with E-state index in [2.05, 4.69) is 22.0 Å². The molecule has 0 saturated carbocycles. The van der Waals surface area contributed by atoms with Crippen molar-refractivity contribution in [2.24, 2.45) is 0 Å². The Kier molecular flexibility index (Phi) is 7.80. The van der Waals surface area contributed by atoms with E-state index in [0.29, 0.717) is 0 Å². The quantitative estimate of drug-likeness (QED) is 0.653. The first kappa shape index (κ1) is 22.7. The number of halogens is 3. The number of carbonyl (C=O) groups excluding carboxylic acids is 1. The molecule has 1 aliphatic rings. The van der Waals surface area contributed by atoms with E-state index < -0.39 is 11.4 Å². The zero-order chi connectivity index (χ0) is 21.6. The van der Waals surface area contributed by atoms with Crippen molar-refractivity contribution in [2.75, 3.05) is 32.7 Å². The van der Waals surface area contributed by atoms with Crippen molar-refractivity contribution in [1.29, 1.82) is 0 Å². The van der Waals surface area contributed by atoms with Gasteiger partial charge in [-0.3, -0.25) is 9.69 Å². The van der Waals surface area contributed by atoms with Crippen molar-refractivity contribution in [1.82, 2.24) is 15.1 Å². The van der Waals surface area contributed by atoms with Gasteiger partial charge in [-0.25, -0.2) is 0 Å². The van der Waals surface area contributed by atoms with Crippen molar-refractivity contribution in [3.63, 3.8) is 0 Å². The molecule has 1 aliphatic heterocycles. The van der Waals surface area contributed by atoms with E-state index in [1.807, 2.05) is 24.3 Å². The number of rotatable bonds is 7. The van der Waals surface area contributed by atoms with Crippen molar-refractivity contribution in [2.45, 2.75) is 30.4 Å². The fourth-order valence-corrected chi connectivity index (χ4v) is 4.10. The average Bonchev–Trinajstić information content (AvgIpc) is 2.73. The lowest BCUT2D eigenvalue weighted by molar-refractivity contribution is -0.0328. The van der Waals surface area contributed by atoms with Crippen molar-refractivity contribution in [3.8, 4) is 0 Å². The van der Waals surface area contributed by atoms with E-state index in [-0.39, 0.29) is 28.8 Å². The second-order valence-corrected chi connectivity index (χ2v) is 8.36. The van der Waals surface area contributed by atoms with Gasteiger partial charge in [-0.05, 0) is 41.6 Å². The predicted octanol–water partition coefficient (Wildman–Crippen LogP) is 4.37. The summed E-state index contributed by atoms with van der Waals surface area (Å²) in [4.78, 5) is 17.2. The number of piperazine rings is 1. The van der Waals surface area contributed by atoms with Crippen LogP contribution >= 0.6 is 11.8 Å². The van der Waals surface area contributed by atoms with Crippen LogP contribution in [0.4, 0.5) is 13.2 Å². The van der Waals surface area contributed by atoms with Crippen molar-refractivity contribution >= 4 is 17.7 Å². The minimum Gasteiger partial charge on any atom is -0.348 e. The third-order valence-electron chi connectivity index (χ3n) is 5.15. The van der Waals surface area contributed by atoms with E-state index in [4.69, 9.17) is 0 Å². The van der Waals surface area contributed by atoms with Crippen LogP contribution in [-0.4, -0.2) is 53.9 Å². The molecule has 1 saturated heterocycles. The van der Waals surface area contributed by atoms with Gasteiger partial charge in [0.25, 0.3) is 5.91 Å². The molecule has 1 heterocycles. The fraction of sp³-hybridized carbons (Fsp3) is 0.409. The van der Waals surface area contributed by atoms with E-state index in [1.165, 1.54) is 23.8 Å². The fourth-order valence-electron chi connectivity index (χ4n) is 3.43. The number of nitrogens with zero attached hydrogens (tertiary/aromatic N) is 2. The first-order chi connectivity index (χ1) is 14.3. The number of likely N-dealkylation sites (N-methyl/N-ethyl adjacent to an activating group) is 1. The van der Waals surface area contributed by atoms with E-state index in [0.717, 1.165) is 44.8 Å². The summed E-state index contributed by atoms with van der Waals surface area (Å²) >= 11 is -0.271. The number of alkyl halides is 3. The van der Waals surface area contributed by atoms with Crippen LogP contribution in [0, 0.1) is 0 Å². The van der Waals surface area contributed by atoms with Crippen molar-refractivity contribution in [3.05, 3.63) is 65.2 Å². The molecule has 1 N–H and O–H groups in total. The van der Waals surface area contributed by atoms with Crippen LogP contribution < -0.4 is 5.32 Å². The maximum absolute atomic E-state index is 12.7. The highest BCUT2D eigenvalue weighted by atomic mass is 32.2. The molecule has 1 amide bonds. The van der Waals surface area contributed by atoms with Gasteiger partial charge in [0.2, 0.25) is 0 Å². The Morgan fingerprint density at radius 1 is 0.967 bits per heavy atom. The number of carbonyl (C=O) groups is 1. The summed E-state index contributed by atoms with van der Waals surface area (Å²) in [5, 5.41) is 2.72. The van der Waals surface area contributed by atoms with Gasteiger partial charge in [-0.1, -0.05) is 43.3 Å². The number of nitrogens with one attached hydrogen (secondary N) is 1. The second-order valence-electron chi connectivity index (χ2n) is 7.25. The molecule has 162 valence electrons. The first-order valence-electron chi connectivity index (χ1n) is 9.99.